The number of anilines is 2. The first kappa shape index (κ1) is 26.1. The third-order valence-corrected chi connectivity index (χ3v) is 7.03. The fourth-order valence-corrected chi connectivity index (χ4v) is 5.00. The summed E-state index contributed by atoms with van der Waals surface area (Å²) >= 11 is 0. The van der Waals surface area contributed by atoms with Crippen molar-refractivity contribution in [2.45, 2.75) is 45.4 Å². The van der Waals surface area contributed by atoms with Gasteiger partial charge in [0.2, 0.25) is 5.95 Å². The van der Waals surface area contributed by atoms with Crippen molar-refractivity contribution in [3.63, 3.8) is 0 Å². The maximum Gasteiger partial charge on any atom is 0.433 e. The van der Waals surface area contributed by atoms with E-state index in [2.05, 4.69) is 56.3 Å². The Morgan fingerprint density at radius 2 is 1.66 bits per heavy atom. The standard InChI is InChI=1S/C28H31F3N6O/c1-18-9-10-20-21(15-18)25(35-34-23(20)16-19-7-5-4-6-8-19)36-11-13-37(14-12-36)26-32-17-22(27(2,3)38)24(33-26)28(29,30)31/h4-8,10,15,17-18,38H,9,11-14,16H2,1-3H3. The van der Waals surface area contributed by atoms with Crippen molar-refractivity contribution in [3.8, 4) is 0 Å². The number of halogens is 3. The summed E-state index contributed by atoms with van der Waals surface area (Å²) in [5.41, 5.74) is -1.05. The van der Waals surface area contributed by atoms with E-state index in [4.69, 9.17) is 0 Å². The number of aromatic nitrogens is 4. The molecule has 1 aliphatic heterocycles. The smallest absolute Gasteiger partial charge is 0.386 e. The van der Waals surface area contributed by atoms with E-state index in [9.17, 15) is 18.3 Å². The van der Waals surface area contributed by atoms with Gasteiger partial charge in [-0.1, -0.05) is 49.4 Å². The molecule has 7 nitrogen and oxygen atoms in total. The number of fused-ring (bicyclic) bond motifs is 1. The predicted octanol–water partition coefficient (Wildman–Crippen LogP) is 3.03. The van der Waals surface area contributed by atoms with E-state index < -0.39 is 17.5 Å². The SMILES string of the molecule is CC1C=c2c(N3CCN(c4ncc(C(C)(C)O)c(C(F)(F)F)n4)CC3)nnc(Cc3ccccc3)c2=CC1. The van der Waals surface area contributed by atoms with Gasteiger partial charge in [-0.25, -0.2) is 9.97 Å². The highest BCUT2D eigenvalue weighted by Gasteiger charge is 2.40. The summed E-state index contributed by atoms with van der Waals surface area (Å²) in [6.45, 7) is 6.70. The van der Waals surface area contributed by atoms with Crippen LogP contribution in [0.3, 0.4) is 0 Å². The molecule has 1 atom stereocenters. The summed E-state index contributed by atoms with van der Waals surface area (Å²) < 4.78 is 41.2. The molecule has 1 aliphatic carbocycles. The Kier molecular flexibility index (Phi) is 6.85. The summed E-state index contributed by atoms with van der Waals surface area (Å²) in [6, 6.07) is 10.2. The summed E-state index contributed by atoms with van der Waals surface area (Å²) in [6.07, 6.45) is 2.50. The van der Waals surface area contributed by atoms with Gasteiger partial charge >= 0.3 is 6.18 Å². The van der Waals surface area contributed by atoms with Crippen molar-refractivity contribution in [1.29, 1.82) is 0 Å². The minimum absolute atomic E-state index is 0.00446. The molecular weight excluding hydrogens is 493 g/mol. The van der Waals surface area contributed by atoms with E-state index in [1.807, 2.05) is 18.2 Å². The molecule has 1 N–H and O–H groups in total. The van der Waals surface area contributed by atoms with Gasteiger partial charge < -0.3 is 14.9 Å². The quantitative estimate of drug-likeness (QED) is 0.550. The monoisotopic (exact) mass is 524 g/mol. The van der Waals surface area contributed by atoms with Crippen LogP contribution in [0.2, 0.25) is 0 Å². The molecule has 38 heavy (non-hydrogen) atoms. The highest BCUT2D eigenvalue weighted by atomic mass is 19.4. The lowest BCUT2D eigenvalue weighted by Crippen LogP contribution is -2.51. The molecule has 1 fully saturated rings. The van der Waals surface area contributed by atoms with E-state index in [1.165, 1.54) is 19.4 Å². The number of rotatable bonds is 5. The summed E-state index contributed by atoms with van der Waals surface area (Å²) in [5, 5.41) is 21.6. The van der Waals surface area contributed by atoms with E-state index in [0.29, 0.717) is 38.5 Å². The molecule has 0 amide bonds. The molecule has 0 saturated carbocycles. The van der Waals surface area contributed by atoms with Crippen LogP contribution in [0, 0.1) is 5.92 Å². The summed E-state index contributed by atoms with van der Waals surface area (Å²) in [5.74, 6) is 1.18. The molecule has 1 unspecified atom stereocenters. The Balaban J connectivity index is 1.40. The molecular formula is C28H31F3N6O. The van der Waals surface area contributed by atoms with Gasteiger partial charge in [-0.2, -0.15) is 18.3 Å². The van der Waals surface area contributed by atoms with Gasteiger partial charge in [0.05, 0.1) is 11.3 Å². The molecule has 0 radical (unpaired) electrons. The third-order valence-electron chi connectivity index (χ3n) is 7.03. The van der Waals surface area contributed by atoms with Crippen LogP contribution in [0.4, 0.5) is 24.9 Å². The average Bonchev–Trinajstić information content (AvgIpc) is 2.88. The van der Waals surface area contributed by atoms with Gasteiger partial charge in [-0.3, -0.25) is 0 Å². The lowest BCUT2D eigenvalue weighted by molar-refractivity contribution is -0.144. The number of aliphatic hydroxyl groups is 1. The first-order valence-corrected chi connectivity index (χ1v) is 12.8. The molecule has 0 spiro atoms. The molecule has 2 aromatic heterocycles. The highest BCUT2D eigenvalue weighted by Crippen LogP contribution is 2.36. The normalized spacial score (nSPS) is 18.0. The van der Waals surface area contributed by atoms with Gasteiger partial charge in [0, 0.05) is 54.8 Å². The zero-order valence-corrected chi connectivity index (χ0v) is 21.7. The van der Waals surface area contributed by atoms with Crippen molar-refractivity contribution >= 4 is 23.9 Å². The molecule has 3 heterocycles. The van der Waals surface area contributed by atoms with Crippen LogP contribution >= 0.6 is 0 Å². The van der Waals surface area contributed by atoms with Gasteiger partial charge in [0.15, 0.2) is 11.5 Å². The van der Waals surface area contributed by atoms with Crippen molar-refractivity contribution in [2.75, 3.05) is 36.0 Å². The molecule has 2 aliphatic rings. The Hall–Kier alpha value is -3.53. The maximum atomic E-state index is 13.7. The summed E-state index contributed by atoms with van der Waals surface area (Å²) in [4.78, 5) is 11.9. The molecule has 0 bridgehead atoms. The molecule has 3 aromatic rings. The number of hydrogen-bond donors (Lipinski definition) is 1. The lowest BCUT2D eigenvalue weighted by atomic mass is 9.97. The van der Waals surface area contributed by atoms with Crippen LogP contribution in [0.1, 0.15) is 49.7 Å². The molecule has 1 aromatic carbocycles. The van der Waals surface area contributed by atoms with Gasteiger partial charge in [-0.05, 0) is 31.7 Å². The third kappa shape index (κ3) is 5.36. The van der Waals surface area contributed by atoms with E-state index >= 15 is 0 Å². The predicted molar refractivity (Wildman–Crippen MR) is 140 cm³/mol. The van der Waals surface area contributed by atoms with E-state index in [1.54, 1.807) is 4.90 Å². The van der Waals surface area contributed by atoms with Crippen LogP contribution < -0.4 is 20.2 Å². The van der Waals surface area contributed by atoms with Crippen molar-refractivity contribution in [1.82, 2.24) is 20.2 Å². The van der Waals surface area contributed by atoms with Crippen molar-refractivity contribution < 1.29 is 18.3 Å². The van der Waals surface area contributed by atoms with Crippen LogP contribution in [-0.4, -0.2) is 51.5 Å². The fraction of sp³-hybridized carbons (Fsp3) is 0.429. The summed E-state index contributed by atoms with van der Waals surface area (Å²) in [7, 11) is 0. The highest BCUT2D eigenvalue weighted by molar-refractivity contribution is 5.53. The zero-order valence-electron chi connectivity index (χ0n) is 21.7. The number of benzene rings is 1. The Morgan fingerprint density at radius 1 is 0.974 bits per heavy atom. The number of nitrogens with zero attached hydrogens (tertiary/aromatic N) is 6. The average molecular weight is 525 g/mol. The Morgan fingerprint density at radius 3 is 2.32 bits per heavy atom. The number of alkyl halides is 3. The molecule has 5 rings (SSSR count). The maximum absolute atomic E-state index is 13.7. The number of piperazine rings is 1. The fourth-order valence-electron chi connectivity index (χ4n) is 5.00. The van der Waals surface area contributed by atoms with Crippen LogP contribution in [-0.2, 0) is 18.2 Å². The number of hydrogen-bond acceptors (Lipinski definition) is 7. The molecule has 10 heteroatoms. The second kappa shape index (κ2) is 9.98. The van der Waals surface area contributed by atoms with Crippen molar-refractivity contribution in [2.24, 2.45) is 5.92 Å². The Labute approximate surface area is 219 Å². The molecule has 200 valence electrons. The van der Waals surface area contributed by atoms with E-state index in [-0.39, 0.29) is 11.5 Å². The second-order valence-corrected chi connectivity index (χ2v) is 10.5. The largest absolute Gasteiger partial charge is 0.433 e. The first-order valence-electron chi connectivity index (χ1n) is 12.8. The van der Waals surface area contributed by atoms with Crippen LogP contribution in [0.25, 0.3) is 12.2 Å². The topological polar surface area (TPSA) is 78.3 Å². The van der Waals surface area contributed by atoms with Gasteiger partial charge in [0.1, 0.15) is 0 Å². The van der Waals surface area contributed by atoms with Gasteiger partial charge in [0.25, 0.3) is 0 Å². The van der Waals surface area contributed by atoms with Gasteiger partial charge in [-0.15, -0.1) is 5.10 Å². The Bertz CT molecular complexity index is 1430. The van der Waals surface area contributed by atoms with Crippen LogP contribution in [0.5, 0.6) is 0 Å². The minimum Gasteiger partial charge on any atom is -0.386 e. The van der Waals surface area contributed by atoms with Crippen molar-refractivity contribution in [3.05, 3.63) is 69.5 Å². The second-order valence-electron chi connectivity index (χ2n) is 10.5. The zero-order chi connectivity index (χ0) is 27.1. The van der Waals surface area contributed by atoms with Crippen LogP contribution in [0.15, 0.2) is 36.5 Å². The first-order chi connectivity index (χ1) is 18.0. The van der Waals surface area contributed by atoms with E-state index in [0.717, 1.165) is 34.6 Å². The lowest BCUT2D eigenvalue weighted by Gasteiger charge is -2.36. The minimum atomic E-state index is -4.70. The molecule has 1 saturated heterocycles.